The van der Waals surface area contributed by atoms with Crippen molar-refractivity contribution in [2.45, 2.75) is 32.0 Å². The van der Waals surface area contributed by atoms with Gasteiger partial charge < -0.3 is 14.8 Å². The third-order valence-corrected chi connectivity index (χ3v) is 5.05. The summed E-state index contributed by atoms with van der Waals surface area (Å²) < 4.78 is 11.3. The maximum atomic E-state index is 13.0. The molecule has 158 valence electrons. The molecule has 0 unspecified atom stereocenters. The van der Waals surface area contributed by atoms with Gasteiger partial charge >= 0.3 is 5.97 Å². The number of carbonyl (C=O) groups is 2. The second kappa shape index (κ2) is 11.0. The van der Waals surface area contributed by atoms with Crippen LogP contribution in [-0.4, -0.2) is 54.6 Å². The summed E-state index contributed by atoms with van der Waals surface area (Å²) >= 11 is 1.20. The van der Waals surface area contributed by atoms with Gasteiger partial charge in [-0.05, 0) is 30.5 Å². The summed E-state index contributed by atoms with van der Waals surface area (Å²) in [4.78, 5) is 41.5. The molecule has 2 rings (SSSR count). The zero-order chi connectivity index (χ0) is 21.4. The lowest BCUT2D eigenvalue weighted by molar-refractivity contribution is -0.118. The first-order valence-corrected chi connectivity index (χ1v) is 10.4. The Morgan fingerprint density at radius 2 is 2.03 bits per heavy atom. The van der Waals surface area contributed by atoms with Crippen LogP contribution in [0.2, 0.25) is 0 Å². The quantitative estimate of drug-likeness (QED) is 0.271. The predicted molar refractivity (Wildman–Crippen MR) is 112 cm³/mol. The first-order chi connectivity index (χ1) is 13.9. The lowest BCUT2D eigenvalue weighted by atomic mass is 10.1. The number of ether oxygens (including phenoxy) is 2. The highest BCUT2D eigenvalue weighted by Gasteiger charge is 2.16. The van der Waals surface area contributed by atoms with Crippen LogP contribution in [0.25, 0.3) is 10.9 Å². The second-order valence-corrected chi connectivity index (χ2v) is 7.85. The number of thioether (sulfide) groups is 1. The summed E-state index contributed by atoms with van der Waals surface area (Å²) in [5.41, 5.74) is 0.532. The third-order valence-electron chi connectivity index (χ3n) is 4.07. The Hall–Kier alpha value is -2.39. The van der Waals surface area contributed by atoms with Crippen LogP contribution in [0.4, 0.5) is 0 Å². The number of fused-ring (bicyclic) bond motifs is 1. The van der Waals surface area contributed by atoms with Crippen LogP contribution in [-0.2, 0) is 20.8 Å². The van der Waals surface area contributed by atoms with E-state index < -0.39 is 5.97 Å². The highest BCUT2D eigenvalue weighted by atomic mass is 32.2. The van der Waals surface area contributed by atoms with Crippen molar-refractivity contribution in [2.75, 3.05) is 33.1 Å². The van der Waals surface area contributed by atoms with E-state index >= 15 is 0 Å². The number of aromatic nitrogens is 2. The number of carbonyl (C=O) groups excluding carboxylic acids is 2. The smallest absolute Gasteiger partial charge is 0.337 e. The molecule has 0 bridgehead atoms. The number of benzene rings is 1. The van der Waals surface area contributed by atoms with E-state index in [4.69, 9.17) is 9.47 Å². The van der Waals surface area contributed by atoms with Crippen molar-refractivity contribution in [3.8, 4) is 0 Å². The van der Waals surface area contributed by atoms with E-state index in [-0.39, 0.29) is 23.1 Å². The van der Waals surface area contributed by atoms with Crippen molar-refractivity contribution in [3.05, 3.63) is 34.1 Å². The maximum absolute atomic E-state index is 13.0. The molecule has 1 amide bonds. The lowest BCUT2D eigenvalue weighted by Gasteiger charge is -2.15. The summed E-state index contributed by atoms with van der Waals surface area (Å²) in [7, 11) is 2.91. The van der Waals surface area contributed by atoms with E-state index in [0.29, 0.717) is 41.3 Å². The topological polar surface area (TPSA) is 99.5 Å². The molecule has 0 aliphatic carbocycles. The molecule has 0 saturated heterocycles. The number of nitrogens with zero attached hydrogens (tertiary/aromatic N) is 2. The fraction of sp³-hybridized carbons (Fsp3) is 0.500. The molecule has 0 aliphatic heterocycles. The molecule has 1 N–H and O–H groups in total. The van der Waals surface area contributed by atoms with Gasteiger partial charge in [-0.25, -0.2) is 9.78 Å². The number of esters is 1. The van der Waals surface area contributed by atoms with Gasteiger partial charge in [-0.3, -0.25) is 14.2 Å². The summed E-state index contributed by atoms with van der Waals surface area (Å²) in [6, 6.07) is 4.68. The number of methoxy groups -OCH3 is 2. The molecule has 9 heteroatoms. The zero-order valence-electron chi connectivity index (χ0n) is 17.2. The molecule has 0 spiro atoms. The minimum absolute atomic E-state index is 0.139. The number of nitrogens with one attached hydrogen (secondary N) is 1. The van der Waals surface area contributed by atoms with E-state index in [1.165, 1.54) is 24.9 Å². The molecular formula is C20H27N3O5S. The van der Waals surface area contributed by atoms with Crippen LogP contribution in [0.3, 0.4) is 0 Å². The van der Waals surface area contributed by atoms with Crippen LogP contribution in [0.1, 0.15) is 30.6 Å². The van der Waals surface area contributed by atoms with Crippen LogP contribution >= 0.6 is 11.8 Å². The molecular weight excluding hydrogens is 394 g/mol. The monoisotopic (exact) mass is 421 g/mol. The SMILES string of the molecule is COCCCNC(=O)CSc1nc2cc(C(=O)OC)ccc2c(=O)n1CC(C)C. The molecule has 8 nitrogen and oxygen atoms in total. The van der Waals surface area contributed by atoms with Gasteiger partial charge in [-0.1, -0.05) is 25.6 Å². The Labute approximate surface area is 174 Å². The van der Waals surface area contributed by atoms with Gasteiger partial charge in [0, 0.05) is 26.8 Å². The van der Waals surface area contributed by atoms with Crippen LogP contribution in [0.15, 0.2) is 28.2 Å². The van der Waals surface area contributed by atoms with Crippen molar-refractivity contribution in [2.24, 2.45) is 5.92 Å². The van der Waals surface area contributed by atoms with Gasteiger partial charge in [0.15, 0.2) is 5.16 Å². The molecule has 1 heterocycles. The van der Waals surface area contributed by atoms with E-state index in [1.54, 1.807) is 23.8 Å². The van der Waals surface area contributed by atoms with Crippen molar-refractivity contribution in [1.29, 1.82) is 0 Å². The number of hydrogen-bond donors (Lipinski definition) is 1. The molecule has 0 radical (unpaired) electrons. The van der Waals surface area contributed by atoms with Gasteiger partial charge in [0.25, 0.3) is 5.56 Å². The van der Waals surface area contributed by atoms with Crippen LogP contribution < -0.4 is 10.9 Å². The largest absolute Gasteiger partial charge is 0.465 e. The fourth-order valence-electron chi connectivity index (χ4n) is 2.71. The van der Waals surface area contributed by atoms with E-state index in [0.717, 1.165) is 6.42 Å². The summed E-state index contributed by atoms with van der Waals surface area (Å²) in [5, 5.41) is 3.69. The van der Waals surface area contributed by atoms with Crippen molar-refractivity contribution in [1.82, 2.24) is 14.9 Å². The molecule has 29 heavy (non-hydrogen) atoms. The predicted octanol–water partition coefficient (Wildman–Crippen LogP) is 2.08. The summed E-state index contributed by atoms with van der Waals surface area (Å²) in [6.07, 6.45) is 0.732. The van der Waals surface area contributed by atoms with Gasteiger partial charge in [0.2, 0.25) is 5.91 Å². The van der Waals surface area contributed by atoms with Crippen molar-refractivity contribution >= 4 is 34.5 Å². The van der Waals surface area contributed by atoms with E-state index in [1.807, 2.05) is 13.8 Å². The van der Waals surface area contributed by atoms with Crippen LogP contribution in [0, 0.1) is 5.92 Å². The van der Waals surface area contributed by atoms with E-state index in [9.17, 15) is 14.4 Å². The van der Waals surface area contributed by atoms with Gasteiger partial charge in [-0.15, -0.1) is 0 Å². The summed E-state index contributed by atoms with van der Waals surface area (Å²) in [6.45, 7) is 5.61. The minimum Gasteiger partial charge on any atom is -0.465 e. The minimum atomic E-state index is -0.496. The van der Waals surface area contributed by atoms with Crippen molar-refractivity contribution < 1.29 is 19.1 Å². The third kappa shape index (κ3) is 6.30. The van der Waals surface area contributed by atoms with Crippen LogP contribution in [0.5, 0.6) is 0 Å². The molecule has 2 aromatic rings. The molecule has 1 aromatic carbocycles. The molecule has 1 aromatic heterocycles. The van der Waals surface area contributed by atoms with Gasteiger partial charge in [0.05, 0.1) is 29.3 Å². The normalized spacial score (nSPS) is 11.1. The molecule has 0 aliphatic rings. The highest BCUT2D eigenvalue weighted by molar-refractivity contribution is 7.99. The fourth-order valence-corrected chi connectivity index (χ4v) is 3.55. The first kappa shape index (κ1) is 22.9. The average molecular weight is 422 g/mol. The second-order valence-electron chi connectivity index (χ2n) is 6.91. The Kier molecular flexibility index (Phi) is 8.66. The van der Waals surface area contributed by atoms with Gasteiger partial charge in [-0.2, -0.15) is 0 Å². The number of hydrogen-bond acceptors (Lipinski definition) is 7. The highest BCUT2D eigenvalue weighted by Crippen LogP contribution is 2.20. The molecule has 0 atom stereocenters. The molecule has 0 fully saturated rings. The Morgan fingerprint density at radius 3 is 2.69 bits per heavy atom. The standard InChI is InChI=1S/C20H27N3O5S/c1-13(2)11-23-18(25)15-7-6-14(19(26)28-4)10-16(15)22-20(23)29-12-17(24)21-8-5-9-27-3/h6-7,10,13H,5,8-9,11-12H2,1-4H3,(H,21,24). The lowest BCUT2D eigenvalue weighted by Crippen LogP contribution is -2.29. The van der Waals surface area contributed by atoms with Gasteiger partial charge in [0.1, 0.15) is 0 Å². The molecule has 0 saturated carbocycles. The Morgan fingerprint density at radius 1 is 1.28 bits per heavy atom. The maximum Gasteiger partial charge on any atom is 0.337 e. The first-order valence-electron chi connectivity index (χ1n) is 9.38. The van der Waals surface area contributed by atoms with Crippen molar-refractivity contribution in [3.63, 3.8) is 0 Å². The number of amides is 1. The summed E-state index contributed by atoms with van der Waals surface area (Å²) in [5.74, 6) is -0.271. The Balaban J connectivity index is 2.30. The zero-order valence-corrected chi connectivity index (χ0v) is 18.0. The Bertz CT molecular complexity index is 926. The van der Waals surface area contributed by atoms with E-state index in [2.05, 4.69) is 10.3 Å². The number of rotatable bonds is 10. The average Bonchev–Trinajstić information content (AvgIpc) is 2.70.